The monoisotopic (exact) mass is 394 g/mol. The summed E-state index contributed by atoms with van der Waals surface area (Å²) in [4.78, 5) is 21.7. The number of amides is 1. The molecular formula is C20H15FN4O2S. The SMILES string of the molecule is Cc1noc(C)c1C(=O)Nc1cnc(-c2ccc(F)cc2)c(-c2ccsc2)n1. The van der Waals surface area contributed by atoms with Crippen LogP contribution in [0.1, 0.15) is 21.8 Å². The molecular weight excluding hydrogens is 379 g/mol. The average Bonchev–Trinajstić information content (AvgIpc) is 3.32. The van der Waals surface area contributed by atoms with Gasteiger partial charge < -0.3 is 9.84 Å². The smallest absolute Gasteiger partial charge is 0.262 e. The molecule has 0 saturated heterocycles. The molecule has 1 amide bonds. The number of halogens is 1. The van der Waals surface area contributed by atoms with Gasteiger partial charge in [-0.3, -0.25) is 9.78 Å². The molecule has 140 valence electrons. The molecule has 0 aliphatic heterocycles. The molecule has 0 atom stereocenters. The molecule has 0 radical (unpaired) electrons. The molecule has 4 rings (SSSR count). The van der Waals surface area contributed by atoms with Crippen molar-refractivity contribution in [3.05, 3.63) is 70.1 Å². The van der Waals surface area contributed by atoms with Crippen LogP contribution in [0.2, 0.25) is 0 Å². The first-order valence-electron chi connectivity index (χ1n) is 8.42. The Bertz CT molecular complexity index is 1120. The van der Waals surface area contributed by atoms with Crippen molar-refractivity contribution >= 4 is 23.1 Å². The first-order valence-corrected chi connectivity index (χ1v) is 9.37. The lowest BCUT2D eigenvalue weighted by molar-refractivity contribution is 0.102. The summed E-state index contributed by atoms with van der Waals surface area (Å²) in [6.07, 6.45) is 1.48. The molecule has 4 aromatic rings. The van der Waals surface area contributed by atoms with Gasteiger partial charge >= 0.3 is 0 Å². The summed E-state index contributed by atoms with van der Waals surface area (Å²) in [5.41, 5.74) is 3.69. The largest absolute Gasteiger partial charge is 0.361 e. The van der Waals surface area contributed by atoms with Crippen molar-refractivity contribution in [3.63, 3.8) is 0 Å². The first-order chi connectivity index (χ1) is 13.5. The summed E-state index contributed by atoms with van der Waals surface area (Å²) in [6, 6.07) is 7.97. The van der Waals surface area contributed by atoms with Crippen LogP contribution >= 0.6 is 11.3 Å². The zero-order chi connectivity index (χ0) is 19.7. The minimum absolute atomic E-state index is 0.303. The number of hydrogen-bond donors (Lipinski definition) is 1. The second-order valence-electron chi connectivity index (χ2n) is 6.12. The first kappa shape index (κ1) is 18.0. The number of carbonyl (C=O) groups is 1. The van der Waals surface area contributed by atoms with Crippen LogP contribution < -0.4 is 5.32 Å². The molecule has 3 heterocycles. The van der Waals surface area contributed by atoms with Crippen molar-refractivity contribution in [2.45, 2.75) is 13.8 Å². The van der Waals surface area contributed by atoms with E-state index in [1.807, 2.05) is 16.8 Å². The van der Waals surface area contributed by atoms with E-state index in [9.17, 15) is 9.18 Å². The van der Waals surface area contributed by atoms with Gasteiger partial charge in [-0.1, -0.05) is 5.16 Å². The standard InChI is InChI=1S/C20H15FN4O2S/c1-11-17(12(2)27-25-11)20(26)24-16-9-22-18(13-3-5-15(21)6-4-13)19(23-16)14-7-8-28-10-14/h3-10H,1-2H3,(H,23,24,26). The second kappa shape index (κ2) is 7.32. The van der Waals surface area contributed by atoms with Crippen molar-refractivity contribution in [2.75, 3.05) is 5.32 Å². The molecule has 1 N–H and O–H groups in total. The van der Waals surface area contributed by atoms with Crippen molar-refractivity contribution in [3.8, 4) is 22.5 Å². The van der Waals surface area contributed by atoms with Crippen LogP contribution in [-0.4, -0.2) is 21.0 Å². The number of carbonyl (C=O) groups excluding carboxylic acids is 1. The molecule has 8 heteroatoms. The number of nitrogens with one attached hydrogen (secondary N) is 1. The van der Waals surface area contributed by atoms with Gasteiger partial charge in [0.25, 0.3) is 5.91 Å². The van der Waals surface area contributed by atoms with Gasteiger partial charge in [-0.2, -0.15) is 11.3 Å². The van der Waals surface area contributed by atoms with Gasteiger partial charge in [-0.25, -0.2) is 9.37 Å². The van der Waals surface area contributed by atoms with Crippen LogP contribution in [0.15, 0.2) is 51.8 Å². The summed E-state index contributed by atoms with van der Waals surface area (Å²) in [6.45, 7) is 3.38. The third-order valence-electron chi connectivity index (χ3n) is 4.19. The van der Waals surface area contributed by atoms with Gasteiger partial charge in [-0.15, -0.1) is 0 Å². The minimum atomic E-state index is -0.364. The fraction of sp³-hybridized carbons (Fsp3) is 0.100. The number of thiophene rings is 1. The Labute approximate surface area is 164 Å². The van der Waals surface area contributed by atoms with E-state index >= 15 is 0 Å². The second-order valence-corrected chi connectivity index (χ2v) is 6.90. The molecule has 0 bridgehead atoms. The zero-order valence-corrected chi connectivity index (χ0v) is 15.9. The quantitative estimate of drug-likeness (QED) is 0.534. The van der Waals surface area contributed by atoms with Crippen molar-refractivity contribution < 1.29 is 13.7 Å². The molecule has 0 fully saturated rings. The van der Waals surface area contributed by atoms with Crippen molar-refractivity contribution in [2.24, 2.45) is 0 Å². The lowest BCUT2D eigenvalue weighted by atomic mass is 10.1. The predicted molar refractivity (Wildman–Crippen MR) is 105 cm³/mol. The molecule has 1 aromatic carbocycles. The van der Waals surface area contributed by atoms with Gasteiger partial charge in [0.05, 0.1) is 23.3 Å². The van der Waals surface area contributed by atoms with E-state index in [1.54, 1.807) is 26.0 Å². The van der Waals surface area contributed by atoms with Gasteiger partial charge in [0.15, 0.2) is 5.82 Å². The van der Waals surface area contributed by atoms with Crippen LogP contribution in [0.25, 0.3) is 22.5 Å². The van der Waals surface area contributed by atoms with E-state index in [2.05, 4.69) is 20.4 Å². The molecule has 0 unspecified atom stereocenters. The Kier molecular flexibility index (Phi) is 4.70. The number of anilines is 1. The van der Waals surface area contributed by atoms with Gasteiger partial charge in [0.1, 0.15) is 17.1 Å². The highest BCUT2D eigenvalue weighted by Crippen LogP contribution is 2.31. The normalized spacial score (nSPS) is 10.8. The lowest BCUT2D eigenvalue weighted by Crippen LogP contribution is -2.15. The fourth-order valence-corrected chi connectivity index (χ4v) is 3.50. The number of hydrogen-bond acceptors (Lipinski definition) is 6. The molecule has 0 spiro atoms. The topological polar surface area (TPSA) is 80.9 Å². The summed E-state index contributed by atoms with van der Waals surface area (Å²) >= 11 is 1.53. The number of rotatable bonds is 4. The van der Waals surface area contributed by atoms with E-state index < -0.39 is 0 Å². The average molecular weight is 394 g/mol. The zero-order valence-electron chi connectivity index (χ0n) is 15.1. The third-order valence-corrected chi connectivity index (χ3v) is 4.87. The van der Waals surface area contributed by atoms with Crippen LogP contribution in [0.5, 0.6) is 0 Å². The van der Waals surface area contributed by atoms with E-state index in [0.29, 0.717) is 34.2 Å². The van der Waals surface area contributed by atoms with Gasteiger partial charge in [-0.05, 0) is 49.6 Å². The Hall–Kier alpha value is -3.39. The third kappa shape index (κ3) is 3.41. The molecule has 0 saturated carbocycles. The Balaban J connectivity index is 1.73. The summed E-state index contributed by atoms with van der Waals surface area (Å²) in [5.74, 6) is 0.0505. The van der Waals surface area contributed by atoms with Gasteiger partial charge in [0.2, 0.25) is 0 Å². The Morgan fingerprint density at radius 1 is 1.11 bits per heavy atom. The van der Waals surface area contributed by atoms with Crippen molar-refractivity contribution in [1.29, 1.82) is 0 Å². The highest BCUT2D eigenvalue weighted by molar-refractivity contribution is 7.08. The van der Waals surface area contributed by atoms with E-state index in [0.717, 1.165) is 11.1 Å². The Morgan fingerprint density at radius 2 is 1.89 bits per heavy atom. The van der Waals surface area contributed by atoms with E-state index in [1.165, 1.54) is 29.7 Å². The van der Waals surface area contributed by atoms with Gasteiger partial charge in [0, 0.05) is 16.5 Å². The maximum atomic E-state index is 13.3. The molecule has 28 heavy (non-hydrogen) atoms. The van der Waals surface area contributed by atoms with Crippen LogP contribution in [-0.2, 0) is 0 Å². The predicted octanol–water partition coefficient (Wildman–Crippen LogP) is 4.87. The van der Waals surface area contributed by atoms with Crippen molar-refractivity contribution in [1.82, 2.24) is 15.1 Å². The summed E-state index contributed by atoms with van der Waals surface area (Å²) < 4.78 is 18.3. The number of aromatic nitrogens is 3. The molecule has 6 nitrogen and oxygen atoms in total. The summed E-state index contributed by atoms with van der Waals surface area (Å²) in [7, 11) is 0. The number of aryl methyl sites for hydroxylation is 2. The summed E-state index contributed by atoms with van der Waals surface area (Å²) in [5, 5.41) is 10.4. The van der Waals surface area contributed by atoms with Crippen LogP contribution in [0.4, 0.5) is 10.2 Å². The maximum absolute atomic E-state index is 13.3. The maximum Gasteiger partial charge on any atom is 0.262 e. The Morgan fingerprint density at radius 3 is 2.54 bits per heavy atom. The molecule has 0 aliphatic carbocycles. The minimum Gasteiger partial charge on any atom is -0.361 e. The van der Waals surface area contributed by atoms with Crippen LogP contribution in [0.3, 0.4) is 0 Å². The lowest BCUT2D eigenvalue weighted by Gasteiger charge is -2.10. The molecule has 0 aliphatic rings. The fourth-order valence-electron chi connectivity index (χ4n) is 2.85. The van der Waals surface area contributed by atoms with Crippen LogP contribution in [0, 0.1) is 19.7 Å². The highest BCUT2D eigenvalue weighted by atomic mass is 32.1. The van der Waals surface area contributed by atoms with E-state index in [4.69, 9.17) is 4.52 Å². The highest BCUT2D eigenvalue weighted by Gasteiger charge is 2.19. The molecule has 3 aromatic heterocycles. The number of benzene rings is 1. The number of nitrogens with zero attached hydrogens (tertiary/aromatic N) is 3. The van der Waals surface area contributed by atoms with E-state index in [-0.39, 0.29) is 11.7 Å².